The predicted molar refractivity (Wildman–Crippen MR) is 104 cm³/mol. The van der Waals surface area contributed by atoms with E-state index in [1.807, 2.05) is 17.9 Å². The summed E-state index contributed by atoms with van der Waals surface area (Å²) >= 11 is 0. The Morgan fingerprint density at radius 2 is 2.10 bits per heavy atom. The Kier molecular flexibility index (Phi) is 4.87. The van der Waals surface area contributed by atoms with Gasteiger partial charge in [-0.2, -0.15) is 4.98 Å². The monoisotopic (exact) mass is 396 g/mol. The Hall–Kier alpha value is -3.49. The molecule has 0 unspecified atom stereocenters. The maximum atomic E-state index is 14.3. The van der Waals surface area contributed by atoms with Gasteiger partial charge in [0.2, 0.25) is 11.9 Å². The van der Waals surface area contributed by atoms with E-state index in [0.717, 1.165) is 5.69 Å². The van der Waals surface area contributed by atoms with Gasteiger partial charge in [-0.25, -0.2) is 9.37 Å². The Balaban J connectivity index is 1.55. The quantitative estimate of drug-likeness (QED) is 0.654. The average molecular weight is 396 g/mol. The number of rotatable bonds is 6. The zero-order valence-corrected chi connectivity index (χ0v) is 15.9. The van der Waals surface area contributed by atoms with Crippen LogP contribution in [0, 0.1) is 18.2 Å². The highest BCUT2D eigenvalue weighted by molar-refractivity contribution is 5.86. The van der Waals surface area contributed by atoms with E-state index < -0.39 is 5.41 Å². The summed E-state index contributed by atoms with van der Waals surface area (Å²) < 4.78 is 19.1. The number of nitrogen functional groups attached to an aromatic ring is 1. The Labute approximate surface area is 166 Å². The summed E-state index contributed by atoms with van der Waals surface area (Å²) in [4.78, 5) is 23.4. The summed E-state index contributed by atoms with van der Waals surface area (Å²) in [6.45, 7) is 2.86. The number of nitrogens with zero attached hydrogens (tertiary/aromatic N) is 4. The average Bonchev–Trinajstić information content (AvgIpc) is 3.16. The zero-order valence-electron chi connectivity index (χ0n) is 15.9. The molecule has 9 heteroatoms. The van der Waals surface area contributed by atoms with Gasteiger partial charge >= 0.3 is 0 Å². The molecule has 1 amide bonds. The number of benzene rings is 1. The van der Waals surface area contributed by atoms with Crippen molar-refractivity contribution in [1.82, 2.24) is 20.4 Å². The first kappa shape index (κ1) is 18.9. The molecule has 8 nitrogen and oxygen atoms in total. The predicted octanol–water partition coefficient (Wildman–Crippen LogP) is 1.86. The van der Waals surface area contributed by atoms with Crippen LogP contribution in [0.4, 0.5) is 16.2 Å². The van der Waals surface area contributed by atoms with Crippen LogP contribution in [0.2, 0.25) is 0 Å². The van der Waals surface area contributed by atoms with Crippen LogP contribution in [-0.4, -0.2) is 34.1 Å². The number of hydrogen-bond donors (Lipinski definition) is 2. The zero-order chi connectivity index (χ0) is 20.4. The highest BCUT2D eigenvalue weighted by atomic mass is 19.1. The minimum atomic E-state index is -0.792. The van der Waals surface area contributed by atoms with Crippen LogP contribution < -0.4 is 16.0 Å². The molecule has 0 saturated carbocycles. The van der Waals surface area contributed by atoms with Gasteiger partial charge in [-0.3, -0.25) is 4.79 Å². The second-order valence-corrected chi connectivity index (χ2v) is 7.30. The summed E-state index contributed by atoms with van der Waals surface area (Å²) in [7, 11) is 0. The number of nitrogens with one attached hydrogen (secondary N) is 1. The van der Waals surface area contributed by atoms with E-state index in [1.165, 1.54) is 12.3 Å². The molecule has 1 aliphatic rings. The van der Waals surface area contributed by atoms with Gasteiger partial charge in [0, 0.05) is 30.9 Å². The molecule has 3 N–H and O–H groups in total. The van der Waals surface area contributed by atoms with Gasteiger partial charge in [0.15, 0.2) is 0 Å². The van der Waals surface area contributed by atoms with Gasteiger partial charge in [-0.1, -0.05) is 23.4 Å². The first-order chi connectivity index (χ1) is 13.9. The van der Waals surface area contributed by atoms with E-state index in [9.17, 15) is 9.18 Å². The number of halogens is 1. The lowest BCUT2D eigenvalue weighted by Gasteiger charge is -2.49. The standard InChI is InChI=1S/C20H21FN6O2/c1-13-8-17(25-19(22)24-13)27-11-20(12-27,9-14-4-2-3-5-16(14)21)18(28)23-10-15-6-7-29-26-15/h2-8H,9-12H2,1H3,(H,23,28)(H2,22,24,25). The number of carbonyl (C=O) groups is 1. The minimum Gasteiger partial charge on any atom is -0.368 e. The smallest absolute Gasteiger partial charge is 0.230 e. The van der Waals surface area contributed by atoms with Gasteiger partial charge in [0.05, 0.1) is 12.0 Å². The van der Waals surface area contributed by atoms with Crippen LogP contribution >= 0.6 is 0 Å². The highest BCUT2D eigenvalue weighted by Crippen LogP contribution is 2.38. The third-order valence-electron chi connectivity index (χ3n) is 5.06. The van der Waals surface area contributed by atoms with Crippen molar-refractivity contribution < 1.29 is 13.7 Å². The Bertz CT molecular complexity index is 997. The van der Waals surface area contributed by atoms with Crippen LogP contribution in [-0.2, 0) is 17.8 Å². The van der Waals surface area contributed by atoms with Crippen LogP contribution in [0.25, 0.3) is 0 Å². The Morgan fingerprint density at radius 3 is 2.79 bits per heavy atom. The molecule has 0 radical (unpaired) electrons. The van der Waals surface area contributed by atoms with Crippen LogP contribution in [0.1, 0.15) is 17.0 Å². The van der Waals surface area contributed by atoms with Crippen molar-refractivity contribution >= 4 is 17.7 Å². The maximum absolute atomic E-state index is 14.3. The molecule has 4 rings (SSSR count). The first-order valence-electron chi connectivity index (χ1n) is 9.22. The van der Waals surface area contributed by atoms with E-state index in [0.29, 0.717) is 30.2 Å². The van der Waals surface area contributed by atoms with Crippen molar-refractivity contribution in [3.63, 3.8) is 0 Å². The molecule has 1 saturated heterocycles. The van der Waals surface area contributed by atoms with Gasteiger partial charge < -0.3 is 20.5 Å². The molecular formula is C20H21FN6O2. The molecule has 150 valence electrons. The molecule has 0 aliphatic carbocycles. The van der Waals surface area contributed by atoms with E-state index >= 15 is 0 Å². The van der Waals surface area contributed by atoms with Crippen molar-refractivity contribution in [3.8, 4) is 0 Å². The third-order valence-corrected chi connectivity index (χ3v) is 5.06. The fourth-order valence-electron chi connectivity index (χ4n) is 3.61. The molecule has 2 aromatic heterocycles. The molecule has 0 spiro atoms. The number of hydrogen-bond acceptors (Lipinski definition) is 7. The molecule has 29 heavy (non-hydrogen) atoms. The molecule has 1 fully saturated rings. The second-order valence-electron chi connectivity index (χ2n) is 7.30. The van der Waals surface area contributed by atoms with Crippen LogP contribution in [0.15, 0.2) is 47.2 Å². The number of aryl methyl sites for hydroxylation is 1. The lowest BCUT2D eigenvalue weighted by Crippen LogP contribution is -2.64. The van der Waals surface area contributed by atoms with Crippen molar-refractivity contribution in [2.45, 2.75) is 19.9 Å². The van der Waals surface area contributed by atoms with Crippen molar-refractivity contribution in [2.75, 3.05) is 23.7 Å². The third kappa shape index (κ3) is 3.89. The number of anilines is 2. The summed E-state index contributed by atoms with van der Waals surface area (Å²) in [6, 6.07) is 10.0. The van der Waals surface area contributed by atoms with Crippen molar-refractivity contribution in [2.24, 2.45) is 5.41 Å². The fourth-order valence-corrected chi connectivity index (χ4v) is 3.61. The molecule has 1 aromatic carbocycles. The topological polar surface area (TPSA) is 110 Å². The van der Waals surface area contributed by atoms with Gasteiger partial charge in [-0.05, 0) is 25.0 Å². The number of carbonyl (C=O) groups excluding carboxylic acids is 1. The van der Waals surface area contributed by atoms with Crippen molar-refractivity contribution in [3.05, 3.63) is 65.4 Å². The number of nitrogens with two attached hydrogens (primary N) is 1. The van der Waals surface area contributed by atoms with Gasteiger partial charge in [0.1, 0.15) is 23.6 Å². The molecular weight excluding hydrogens is 375 g/mol. The Morgan fingerprint density at radius 1 is 1.31 bits per heavy atom. The van der Waals surface area contributed by atoms with Gasteiger partial charge in [-0.15, -0.1) is 0 Å². The first-order valence-corrected chi connectivity index (χ1v) is 9.22. The lowest BCUT2D eigenvalue weighted by molar-refractivity contribution is -0.132. The SMILES string of the molecule is Cc1cc(N2CC(Cc3ccccc3F)(C(=O)NCc3ccon3)C2)nc(N)n1. The largest absolute Gasteiger partial charge is 0.368 e. The van der Waals surface area contributed by atoms with E-state index in [1.54, 1.807) is 24.3 Å². The normalized spacial score (nSPS) is 15.0. The fraction of sp³-hybridized carbons (Fsp3) is 0.300. The van der Waals surface area contributed by atoms with Gasteiger partial charge in [0.25, 0.3) is 0 Å². The minimum absolute atomic E-state index is 0.168. The maximum Gasteiger partial charge on any atom is 0.230 e. The highest BCUT2D eigenvalue weighted by Gasteiger charge is 2.50. The van der Waals surface area contributed by atoms with Crippen LogP contribution in [0.5, 0.6) is 0 Å². The van der Waals surface area contributed by atoms with E-state index in [2.05, 4.69) is 20.4 Å². The summed E-state index contributed by atoms with van der Waals surface area (Å²) in [6.07, 6.45) is 1.73. The molecule has 3 aromatic rings. The molecule has 3 heterocycles. The summed E-state index contributed by atoms with van der Waals surface area (Å²) in [5.41, 5.74) is 6.83. The molecule has 0 atom stereocenters. The second kappa shape index (κ2) is 7.50. The number of aromatic nitrogens is 3. The van der Waals surface area contributed by atoms with E-state index in [-0.39, 0.29) is 30.6 Å². The summed E-state index contributed by atoms with van der Waals surface area (Å²) in [5.74, 6) is 0.348. The molecule has 0 bridgehead atoms. The lowest BCUT2D eigenvalue weighted by atomic mass is 9.73. The van der Waals surface area contributed by atoms with Crippen LogP contribution in [0.3, 0.4) is 0 Å². The molecule has 1 aliphatic heterocycles. The van der Waals surface area contributed by atoms with E-state index in [4.69, 9.17) is 10.3 Å². The number of amides is 1. The summed E-state index contributed by atoms with van der Waals surface area (Å²) in [5, 5.41) is 6.70. The van der Waals surface area contributed by atoms with Crippen molar-refractivity contribution in [1.29, 1.82) is 0 Å².